The molecule has 2 aromatic rings. The lowest BCUT2D eigenvalue weighted by Crippen LogP contribution is -2.45. The second-order valence-electron chi connectivity index (χ2n) is 24.1. The fraction of sp³-hybridized carbons (Fsp3) is 0.865. The molecular formula is C52H92ClFN14O9. The van der Waals surface area contributed by atoms with E-state index in [9.17, 15) is 28.4 Å². The van der Waals surface area contributed by atoms with Crippen molar-refractivity contribution in [1.82, 2.24) is 65.7 Å². The zero-order valence-corrected chi connectivity index (χ0v) is 48.1. The summed E-state index contributed by atoms with van der Waals surface area (Å²) in [7, 11) is -1.00. The average Bonchev–Trinajstić information content (AvgIpc) is 4.16. The number of alkyl halides is 1. The average molecular weight is 1110 g/mol. The molecule has 8 fully saturated rings. The van der Waals surface area contributed by atoms with Gasteiger partial charge >= 0.3 is 24.2 Å². The molecule has 23 nitrogen and oxygen atoms in total. The summed E-state index contributed by atoms with van der Waals surface area (Å²) in [6.45, 7) is 22.5. The van der Waals surface area contributed by atoms with E-state index in [2.05, 4.69) is 46.4 Å². The van der Waals surface area contributed by atoms with E-state index in [1.165, 1.54) is 51.4 Å². The van der Waals surface area contributed by atoms with Gasteiger partial charge in [-0.25, -0.2) is 23.7 Å². The van der Waals surface area contributed by atoms with Crippen LogP contribution in [0.1, 0.15) is 202 Å². The molecule has 0 atom stereocenters. The van der Waals surface area contributed by atoms with E-state index < -0.39 is 29.9 Å². The zero-order valence-electron chi connectivity index (χ0n) is 48.3. The number of piperidine rings is 4. The van der Waals surface area contributed by atoms with Crippen molar-refractivity contribution < 1.29 is 49.1 Å². The maximum atomic E-state index is 12.1. The molecule has 25 heteroatoms. The fourth-order valence-electron chi connectivity index (χ4n) is 8.75. The Bertz CT molecular complexity index is 2150. The number of nitrogens with two attached hydrogens (primary N) is 1. The predicted octanol–water partition coefficient (Wildman–Crippen LogP) is 7.34. The highest BCUT2D eigenvalue weighted by Crippen LogP contribution is 2.38. The van der Waals surface area contributed by atoms with Crippen LogP contribution in [0, 0.1) is 11.8 Å². The first-order valence-corrected chi connectivity index (χ1v) is 27.7. The Morgan fingerprint density at radius 3 is 1.23 bits per heavy atom. The highest BCUT2D eigenvalue weighted by Gasteiger charge is 2.36. The van der Waals surface area contributed by atoms with Crippen molar-refractivity contribution in [2.75, 3.05) is 59.5 Å². The third kappa shape index (κ3) is 23.5. The van der Waals surface area contributed by atoms with E-state index in [-0.39, 0.29) is 48.4 Å². The summed E-state index contributed by atoms with van der Waals surface area (Å²) in [6, 6.07) is 2.10. The van der Waals surface area contributed by atoms with Gasteiger partial charge in [-0.15, -0.1) is 22.6 Å². The van der Waals surface area contributed by atoms with Crippen molar-refractivity contribution in [3.05, 3.63) is 11.6 Å². The van der Waals surface area contributed by atoms with Crippen LogP contribution in [0.15, 0.2) is 0 Å². The molecule has 0 bridgehead atoms. The Hall–Kier alpha value is -4.97. The van der Waals surface area contributed by atoms with Crippen molar-refractivity contribution in [2.45, 2.75) is 218 Å². The molecule has 6 heterocycles. The first-order valence-electron chi connectivity index (χ1n) is 28.4. The van der Waals surface area contributed by atoms with E-state index in [1.54, 1.807) is 14.7 Å². The smallest absolute Gasteiger partial charge is 0.410 e. The molecule has 77 heavy (non-hydrogen) atoms. The highest BCUT2D eigenvalue weighted by atomic mass is 35.5. The zero-order chi connectivity index (χ0) is 56.5. The van der Waals surface area contributed by atoms with Crippen LogP contribution in [0.5, 0.6) is 0 Å². The highest BCUT2D eigenvalue weighted by molar-refractivity contribution is 5.85. The number of tetrazole rings is 2. The largest absolute Gasteiger partial charge is 0.481 e. The summed E-state index contributed by atoms with van der Waals surface area (Å²) >= 11 is 0. The van der Waals surface area contributed by atoms with Gasteiger partial charge in [-0.3, -0.25) is 14.0 Å². The molecule has 4 saturated carbocycles. The maximum Gasteiger partial charge on any atom is 0.410 e. The first kappa shape index (κ1) is 62.9. The number of nitrogens with zero attached hydrogens (tertiary/aromatic N) is 11. The van der Waals surface area contributed by atoms with Gasteiger partial charge < -0.3 is 50.4 Å². The number of ether oxygens (including phenoxy) is 3. The lowest BCUT2D eigenvalue weighted by Gasteiger charge is -2.33. The number of aromatic nitrogens is 8. The van der Waals surface area contributed by atoms with Gasteiger partial charge in [-0.2, -0.15) is 0 Å². The van der Waals surface area contributed by atoms with Crippen LogP contribution in [0.2, 0.25) is 0 Å². The minimum atomic E-state index is -1.00. The number of amides is 4. The normalized spacial score (nSPS) is 20.6. The third-order valence-electron chi connectivity index (χ3n) is 13.6. The van der Waals surface area contributed by atoms with Gasteiger partial charge in [0, 0.05) is 69.1 Å². The van der Waals surface area contributed by atoms with E-state index in [0.29, 0.717) is 88.1 Å². The number of carboxylic acid groups (broad SMARTS) is 1. The van der Waals surface area contributed by atoms with Gasteiger partial charge in [0.25, 0.3) is 0 Å². The molecule has 8 aliphatic rings. The molecule has 0 spiro atoms. The summed E-state index contributed by atoms with van der Waals surface area (Å²) in [4.78, 5) is 63.3. The van der Waals surface area contributed by atoms with Crippen molar-refractivity contribution in [3.8, 4) is 0 Å². The van der Waals surface area contributed by atoms with Crippen LogP contribution in [0.25, 0.3) is 0 Å². The number of aliphatic carboxylic acids is 1. The van der Waals surface area contributed by atoms with Gasteiger partial charge in [0.2, 0.25) is 5.91 Å². The number of hydrogen-bond donors (Lipinski definition) is 4. The Morgan fingerprint density at radius 2 is 0.922 bits per heavy atom. The van der Waals surface area contributed by atoms with Gasteiger partial charge in [0.1, 0.15) is 16.8 Å². The molecule has 4 saturated heterocycles. The molecule has 4 aliphatic heterocycles. The molecule has 4 aliphatic carbocycles. The number of carboxylic acids is 1. The number of carbonyl (C=O) groups excluding carboxylic acids is 4. The van der Waals surface area contributed by atoms with Gasteiger partial charge in [0.15, 0.2) is 11.6 Å². The Balaban J connectivity index is 0.000000216. The first-order chi connectivity index (χ1) is 36.3. The quantitative estimate of drug-likeness (QED) is 0.197. The van der Waals surface area contributed by atoms with E-state index in [0.717, 1.165) is 63.3 Å². The van der Waals surface area contributed by atoms with Crippen LogP contribution in [-0.4, -0.2) is 179 Å². The fourth-order valence-corrected chi connectivity index (χ4v) is 8.75. The van der Waals surface area contributed by atoms with Crippen LogP contribution in [-0.2, 0) is 23.8 Å². The van der Waals surface area contributed by atoms with E-state index in [4.69, 9.17) is 26.4 Å². The minimum Gasteiger partial charge on any atom is -0.481 e. The van der Waals surface area contributed by atoms with Gasteiger partial charge in [0.05, 0.1) is 26.5 Å². The van der Waals surface area contributed by atoms with Crippen molar-refractivity contribution in [2.24, 2.45) is 17.6 Å². The summed E-state index contributed by atoms with van der Waals surface area (Å²) < 4.78 is 35.5. The van der Waals surface area contributed by atoms with Crippen LogP contribution in [0.4, 0.5) is 18.8 Å². The number of rotatable bonds is 7. The van der Waals surface area contributed by atoms with Gasteiger partial charge in [-0.05, 0) is 199 Å². The standard InChI is InChI=1S/C14H23N5O2.C14H24N2O3.C11H19NO4.C9H15N5.C3H7N.CH3F.ClH/c1-14(2,3)21-13(20)18-8-6-10(7-9-18)12-15-16-17-19(12)11-4-5-11;1-14(2,3)19-13(18)16-8-6-10(7-9-16)12(17)15-11-4-5-11;1-11(2,3)16-10(15)12-6-4-8(5-7-12)9(13)14;1-2-8(1)14-9(11-12-13-14)7-3-5-10-6-4-7;4-3-1-2-3;1-2;/h10-11H,4-9H2,1-3H3;10-11H,4-9H2,1-3H3,(H,15,17);8H,4-7H2,1-3H3,(H,13,14);7-8,10H,1-6H2;3H,1-2,4H2;1H3;1H/i;;;;;1D;. The monoisotopic (exact) mass is 1110 g/mol. The molecule has 4 amide bonds. The lowest BCUT2D eigenvalue weighted by atomic mass is 9.96. The second kappa shape index (κ2) is 29.8. The lowest BCUT2D eigenvalue weighted by molar-refractivity contribution is -0.143. The number of hydrogen-bond acceptors (Lipinski definition) is 16. The van der Waals surface area contributed by atoms with E-state index in [1.807, 2.05) is 67.0 Å². The Kier molecular flexibility index (Phi) is 24.4. The van der Waals surface area contributed by atoms with Crippen LogP contribution >= 0.6 is 12.4 Å². The van der Waals surface area contributed by atoms with Gasteiger partial charge in [-0.1, -0.05) is 0 Å². The van der Waals surface area contributed by atoms with Crippen molar-refractivity contribution in [1.29, 1.82) is 0 Å². The van der Waals surface area contributed by atoms with E-state index >= 15 is 0 Å². The summed E-state index contributed by atoms with van der Waals surface area (Å²) in [5.41, 5.74) is 3.82. The number of carbonyl (C=O) groups is 5. The topological polar surface area (TPSA) is 280 Å². The molecule has 2 aromatic heterocycles. The maximum absolute atomic E-state index is 12.1. The number of likely N-dealkylation sites (tertiary alicyclic amines) is 3. The second-order valence-corrected chi connectivity index (χ2v) is 24.1. The molecule has 0 radical (unpaired) electrons. The van der Waals surface area contributed by atoms with Crippen LogP contribution < -0.4 is 16.4 Å². The van der Waals surface area contributed by atoms with Crippen molar-refractivity contribution >= 4 is 42.6 Å². The minimum absolute atomic E-state index is 0. The number of nitrogens with one attached hydrogen (secondary N) is 2. The Labute approximate surface area is 462 Å². The third-order valence-corrected chi connectivity index (χ3v) is 13.6. The summed E-state index contributed by atoms with van der Waals surface area (Å²) in [5, 5.41) is 39.4. The predicted molar refractivity (Wildman–Crippen MR) is 288 cm³/mol. The molecular weight excluding hydrogens is 1020 g/mol. The van der Waals surface area contributed by atoms with Crippen LogP contribution in [0.3, 0.4) is 0 Å². The summed E-state index contributed by atoms with van der Waals surface area (Å²) in [6.07, 6.45) is 15.4. The number of halogens is 2. The molecule has 5 N–H and O–H groups in total. The molecule has 0 unspecified atom stereocenters. The molecule has 438 valence electrons. The summed E-state index contributed by atoms with van der Waals surface area (Å²) in [5.74, 6) is 2.15. The SMILES string of the molecule is C1CC(c2nnnn2C2CC2)CCN1.CC(C)(C)OC(=O)N1CCC(C(=O)NC2CC2)CC1.CC(C)(C)OC(=O)N1CCC(C(=O)O)CC1.CC(C)(C)OC(=O)N1CCC(c2nnnn2C2CC2)CC1.Cl.NC1CC1.[2H]CF. The molecule has 10 rings (SSSR count). The van der Waals surface area contributed by atoms with Crippen molar-refractivity contribution in [3.63, 3.8) is 0 Å². The Morgan fingerprint density at radius 1 is 0.584 bits per heavy atom. The molecule has 0 aromatic carbocycles.